The molecule has 1 heterocycles. The highest BCUT2D eigenvalue weighted by atomic mass is 16.7. The van der Waals surface area contributed by atoms with Gasteiger partial charge in [0.25, 0.3) is 0 Å². The molecule has 1 aliphatic heterocycles. The van der Waals surface area contributed by atoms with Crippen molar-refractivity contribution in [2.75, 3.05) is 13.2 Å². The predicted molar refractivity (Wildman–Crippen MR) is 331 cm³/mol. The van der Waals surface area contributed by atoms with Gasteiger partial charge in [0.05, 0.1) is 25.4 Å². The Bertz CT molecular complexity index is 1690. The molecule has 0 aromatic carbocycles. The molecule has 1 fully saturated rings. The second-order valence-electron chi connectivity index (χ2n) is 21.1. The molecule has 6 N–H and O–H groups in total. The number of ether oxygens (including phenoxy) is 2. The van der Waals surface area contributed by atoms with Gasteiger partial charge in [-0.15, -0.1) is 0 Å². The van der Waals surface area contributed by atoms with E-state index in [1.165, 1.54) is 116 Å². The lowest BCUT2D eigenvalue weighted by Gasteiger charge is -2.40. The second-order valence-corrected chi connectivity index (χ2v) is 21.1. The molecule has 0 saturated carbocycles. The van der Waals surface area contributed by atoms with Crippen LogP contribution in [-0.4, -0.2) is 87.5 Å². The molecular weight excluding hydrogens is 971 g/mol. The third kappa shape index (κ3) is 45.1. The molecule has 9 heteroatoms. The van der Waals surface area contributed by atoms with Gasteiger partial charge in [-0.1, -0.05) is 270 Å². The Morgan fingerprint density at radius 3 is 1.18 bits per heavy atom. The topological polar surface area (TPSA) is 149 Å². The van der Waals surface area contributed by atoms with Crippen LogP contribution in [0.15, 0.2) is 134 Å². The maximum absolute atomic E-state index is 13.1. The van der Waals surface area contributed by atoms with Gasteiger partial charge in [-0.3, -0.25) is 4.79 Å². The lowest BCUT2D eigenvalue weighted by atomic mass is 9.99. The Labute approximate surface area is 477 Å². The first-order valence-electron chi connectivity index (χ1n) is 31.4. The van der Waals surface area contributed by atoms with Gasteiger partial charge in [0.15, 0.2) is 6.29 Å². The van der Waals surface area contributed by atoms with Crippen molar-refractivity contribution in [3.8, 4) is 0 Å². The Hall–Kier alpha value is -3.67. The number of nitrogens with one attached hydrogen (secondary N) is 1. The number of allylic oxidation sites excluding steroid dienone is 21. The lowest BCUT2D eigenvalue weighted by molar-refractivity contribution is -0.302. The molecular formula is C69H115NO8. The summed E-state index contributed by atoms with van der Waals surface area (Å²) in [7, 11) is 0. The summed E-state index contributed by atoms with van der Waals surface area (Å²) in [6.07, 6.45) is 79.5. The normalized spacial score (nSPS) is 19.6. The zero-order valence-corrected chi connectivity index (χ0v) is 49.4. The Morgan fingerprint density at radius 2 is 0.795 bits per heavy atom. The molecule has 0 bridgehead atoms. The van der Waals surface area contributed by atoms with E-state index in [1.807, 2.05) is 6.08 Å². The standard InChI is InChI=1S/C69H115NO8/c1-3-5-7-9-11-13-15-17-19-21-23-25-27-28-29-30-31-32-33-34-35-36-37-39-41-43-45-47-49-51-53-55-57-59-65(73)70-62(61-77-69-68(76)67(75)66(74)64(60-71)78-69)63(72)58-56-54-52-50-48-46-44-42-40-38-26-24-22-20-18-16-14-12-10-8-6-4-2/h5,7,11,13,17,19,23,25,28-29,31-32,34-35,37,39,43,45,49,51,56,58,62-64,66-69,71-72,74-76H,3-4,6,8-10,12,14-16,18,20-22,24,26-27,30,33,36,38,40-42,44,46-48,50,52-55,57,59-61H2,1-2H3,(H,70,73)/b7-5-,13-11-,19-17-,25-23-,29-28-,32-31-,35-34-,39-37-,45-43-,51-49-,58-56+. The SMILES string of the molecule is CC/C=C\C/C=C\C/C=C\C/C=C\C/C=C\C/C=C\C/C=C\C/C=C\C/C=C\C/C=C\CCCCC(=O)NC(COC1OC(CO)C(O)C(O)C1O)C(O)/C=C/CCCCCCCCCCCCCCCCCCCCCC. The van der Waals surface area contributed by atoms with Crippen LogP contribution in [0.4, 0.5) is 0 Å². The number of unbranched alkanes of at least 4 members (excludes halogenated alkanes) is 22. The number of hydrogen-bond donors (Lipinski definition) is 6. The summed E-state index contributed by atoms with van der Waals surface area (Å²) in [4.78, 5) is 13.1. The molecule has 444 valence electrons. The molecule has 1 rings (SSSR count). The molecule has 7 atom stereocenters. The van der Waals surface area contributed by atoms with Crippen molar-refractivity contribution in [2.45, 2.75) is 281 Å². The van der Waals surface area contributed by atoms with Crippen molar-refractivity contribution in [3.05, 3.63) is 134 Å². The van der Waals surface area contributed by atoms with Crippen LogP contribution in [0.3, 0.4) is 0 Å². The molecule has 7 unspecified atom stereocenters. The predicted octanol–water partition coefficient (Wildman–Crippen LogP) is 16.5. The molecule has 1 amide bonds. The van der Waals surface area contributed by atoms with Crippen molar-refractivity contribution in [2.24, 2.45) is 0 Å². The Balaban J connectivity index is 2.26. The average molecular weight is 1090 g/mol. The number of carbonyl (C=O) groups excluding carboxylic acids is 1. The highest BCUT2D eigenvalue weighted by molar-refractivity contribution is 5.76. The smallest absolute Gasteiger partial charge is 0.220 e. The molecule has 1 saturated heterocycles. The van der Waals surface area contributed by atoms with Crippen molar-refractivity contribution in [1.29, 1.82) is 0 Å². The number of amides is 1. The Morgan fingerprint density at radius 1 is 0.449 bits per heavy atom. The van der Waals surface area contributed by atoms with Crippen LogP contribution < -0.4 is 5.32 Å². The first kappa shape index (κ1) is 72.3. The van der Waals surface area contributed by atoms with Gasteiger partial charge in [0, 0.05) is 6.42 Å². The molecule has 0 spiro atoms. The third-order valence-corrected chi connectivity index (χ3v) is 14.0. The zero-order valence-electron chi connectivity index (χ0n) is 49.4. The molecule has 9 nitrogen and oxygen atoms in total. The highest BCUT2D eigenvalue weighted by Gasteiger charge is 2.44. The molecule has 0 radical (unpaired) electrons. The zero-order chi connectivity index (χ0) is 56.5. The van der Waals surface area contributed by atoms with E-state index >= 15 is 0 Å². The van der Waals surface area contributed by atoms with Gasteiger partial charge < -0.3 is 40.3 Å². The van der Waals surface area contributed by atoms with E-state index in [1.54, 1.807) is 6.08 Å². The number of rotatable bonds is 52. The number of aliphatic hydroxyl groups excluding tert-OH is 5. The fraction of sp³-hybridized carbons (Fsp3) is 0.667. The number of carbonyl (C=O) groups is 1. The van der Waals surface area contributed by atoms with Gasteiger partial charge in [-0.25, -0.2) is 0 Å². The van der Waals surface area contributed by atoms with E-state index in [0.717, 1.165) is 96.3 Å². The van der Waals surface area contributed by atoms with E-state index < -0.39 is 49.5 Å². The van der Waals surface area contributed by atoms with Gasteiger partial charge in [0.1, 0.15) is 24.4 Å². The molecule has 0 aliphatic carbocycles. The van der Waals surface area contributed by atoms with Crippen molar-refractivity contribution >= 4 is 5.91 Å². The molecule has 78 heavy (non-hydrogen) atoms. The molecule has 0 aromatic rings. The monoisotopic (exact) mass is 1090 g/mol. The molecule has 0 aromatic heterocycles. The van der Waals surface area contributed by atoms with Gasteiger partial charge in [-0.05, 0) is 96.3 Å². The van der Waals surface area contributed by atoms with Crippen molar-refractivity contribution in [1.82, 2.24) is 5.32 Å². The van der Waals surface area contributed by atoms with E-state index in [4.69, 9.17) is 9.47 Å². The number of aliphatic hydroxyl groups is 5. The van der Waals surface area contributed by atoms with E-state index in [-0.39, 0.29) is 18.9 Å². The fourth-order valence-electron chi connectivity index (χ4n) is 9.07. The quantitative estimate of drug-likeness (QED) is 0.0261. The maximum Gasteiger partial charge on any atom is 0.220 e. The first-order valence-corrected chi connectivity index (χ1v) is 31.4. The summed E-state index contributed by atoms with van der Waals surface area (Å²) in [6.45, 7) is 3.65. The van der Waals surface area contributed by atoms with Crippen LogP contribution in [0.2, 0.25) is 0 Å². The fourth-order valence-corrected chi connectivity index (χ4v) is 9.07. The summed E-state index contributed by atoms with van der Waals surface area (Å²) in [5.41, 5.74) is 0. The summed E-state index contributed by atoms with van der Waals surface area (Å²) < 4.78 is 11.3. The van der Waals surface area contributed by atoms with Crippen LogP contribution >= 0.6 is 0 Å². The first-order chi connectivity index (χ1) is 38.3. The van der Waals surface area contributed by atoms with Crippen LogP contribution in [0.25, 0.3) is 0 Å². The van der Waals surface area contributed by atoms with Crippen molar-refractivity contribution < 1.29 is 39.8 Å². The van der Waals surface area contributed by atoms with E-state index in [2.05, 4.69) is 141 Å². The third-order valence-electron chi connectivity index (χ3n) is 14.0. The minimum absolute atomic E-state index is 0.214. The lowest BCUT2D eigenvalue weighted by Crippen LogP contribution is -2.60. The van der Waals surface area contributed by atoms with E-state index in [0.29, 0.717) is 6.42 Å². The van der Waals surface area contributed by atoms with Crippen LogP contribution in [0.1, 0.15) is 239 Å². The second kappa shape index (κ2) is 56.6. The summed E-state index contributed by atoms with van der Waals surface area (Å²) in [5.74, 6) is -0.223. The largest absolute Gasteiger partial charge is 0.394 e. The van der Waals surface area contributed by atoms with E-state index in [9.17, 15) is 30.3 Å². The molecule has 1 aliphatic rings. The van der Waals surface area contributed by atoms with Gasteiger partial charge >= 0.3 is 0 Å². The summed E-state index contributed by atoms with van der Waals surface area (Å²) >= 11 is 0. The van der Waals surface area contributed by atoms with Crippen LogP contribution in [0, 0.1) is 0 Å². The van der Waals surface area contributed by atoms with Crippen molar-refractivity contribution in [3.63, 3.8) is 0 Å². The number of hydrogen-bond acceptors (Lipinski definition) is 8. The summed E-state index contributed by atoms with van der Waals surface area (Å²) in [6, 6.07) is -0.840. The summed E-state index contributed by atoms with van der Waals surface area (Å²) in [5, 5.41) is 54.6. The Kier molecular flexibility index (Phi) is 52.5. The highest BCUT2D eigenvalue weighted by Crippen LogP contribution is 2.23. The van der Waals surface area contributed by atoms with Crippen LogP contribution in [0.5, 0.6) is 0 Å². The maximum atomic E-state index is 13.1. The minimum atomic E-state index is -1.58. The minimum Gasteiger partial charge on any atom is -0.394 e. The van der Waals surface area contributed by atoms with Gasteiger partial charge in [0.2, 0.25) is 5.91 Å². The van der Waals surface area contributed by atoms with Gasteiger partial charge in [-0.2, -0.15) is 0 Å². The van der Waals surface area contributed by atoms with Crippen LogP contribution in [-0.2, 0) is 14.3 Å². The average Bonchev–Trinajstić information content (AvgIpc) is 3.45.